The molecule has 0 fully saturated rings. The molecule has 0 saturated carbocycles. The number of halogens is 2. The molecule has 0 saturated heterocycles. The van der Waals surface area contributed by atoms with E-state index in [9.17, 15) is 9.59 Å². The van der Waals surface area contributed by atoms with Crippen LogP contribution in [0.4, 0.5) is 0 Å². The number of nitrogens with zero attached hydrogens (tertiary/aromatic N) is 1. The Morgan fingerprint density at radius 1 is 0.969 bits per heavy atom. The number of aldehydes is 2. The summed E-state index contributed by atoms with van der Waals surface area (Å²) >= 11 is 6.79. The number of carbonyl (C=O) groups excluding carboxylic acids is 2. The van der Waals surface area contributed by atoms with Crippen molar-refractivity contribution in [1.29, 1.82) is 0 Å². The predicted molar refractivity (Wildman–Crippen MR) is 141 cm³/mol. The number of H-pyrrole nitrogens is 1. The highest BCUT2D eigenvalue weighted by molar-refractivity contribution is 9.10. The Bertz CT molecular complexity index is 1240. The molecule has 0 bridgehead atoms. The van der Waals surface area contributed by atoms with Gasteiger partial charge in [-0.25, -0.2) is 0 Å². The van der Waals surface area contributed by atoms with Gasteiger partial charge in [-0.3, -0.25) is 9.59 Å². The van der Waals surface area contributed by atoms with Crippen molar-refractivity contribution in [3.8, 4) is 0 Å². The van der Waals surface area contributed by atoms with Crippen LogP contribution in [0.25, 0.3) is 21.8 Å². The topological polar surface area (TPSA) is 64.1 Å². The molecule has 0 spiro atoms. The smallest absolute Gasteiger partial charge is 0.152 e. The maximum Gasteiger partial charge on any atom is 0.152 e. The first-order chi connectivity index (χ1) is 15.2. The Kier molecular flexibility index (Phi) is 8.27. The maximum absolute atomic E-state index is 11.1. The van der Waals surface area contributed by atoms with Crippen molar-refractivity contribution >= 4 is 74.3 Å². The van der Waals surface area contributed by atoms with E-state index in [0.29, 0.717) is 17.9 Å². The van der Waals surface area contributed by atoms with Crippen LogP contribution in [0.5, 0.6) is 0 Å². The molecule has 2 aromatic carbocycles. The van der Waals surface area contributed by atoms with Crippen LogP contribution in [-0.4, -0.2) is 36.8 Å². The third kappa shape index (κ3) is 6.28. The van der Waals surface area contributed by atoms with Gasteiger partial charge in [-0.05, 0) is 42.4 Å². The molecule has 2 aromatic heterocycles. The van der Waals surface area contributed by atoms with E-state index in [1.165, 1.54) is 0 Å². The largest absolute Gasteiger partial charge is 0.361 e. The Morgan fingerprint density at radius 2 is 1.62 bits per heavy atom. The molecule has 0 amide bonds. The Morgan fingerprint density at radius 3 is 2.28 bits per heavy atom. The molecule has 0 aliphatic carbocycles. The van der Waals surface area contributed by atoms with Gasteiger partial charge in [-0.15, -0.1) is 0 Å². The van der Waals surface area contributed by atoms with E-state index in [4.69, 9.17) is 4.74 Å². The molecule has 0 radical (unpaired) electrons. The van der Waals surface area contributed by atoms with Crippen LogP contribution in [0, 0.1) is 0 Å². The van der Waals surface area contributed by atoms with Crippen molar-refractivity contribution in [2.75, 3.05) is 6.61 Å². The molecule has 5 nitrogen and oxygen atoms in total. The molecule has 2 heterocycles. The molecule has 32 heavy (non-hydrogen) atoms. The predicted octanol–water partition coefficient (Wildman–Crippen LogP) is 7.27. The minimum atomic E-state index is -1.05. The molecule has 0 aliphatic heterocycles. The number of hydrogen-bond donors (Lipinski definition) is 1. The van der Waals surface area contributed by atoms with Gasteiger partial charge in [0.05, 0.1) is 5.52 Å². The lowest BCUT2D eigenvalue weighted by Gasteiger charge is -2.15. The number of hydrogen-bond acceptors (Lipinski definition) is 3. The second-order valence-corrected chi connectivity index (χ2v) is 16.2. The second kappa shape index (κ2) is 10.7. The Balaban J connectivity index is 0.000000204. The first-order valence-electron chi connectivity index (χ1n) is 10.2. The summed E-state index contributed by atoms with van der Waals surface area (Å²) < 4.78 is 9.72. The number of nitrogens with one attached hydrogen (secondary N) is 1. The van der Waals surface area contributed by atoms with Crippen LogP contribution in [0.2, 0.25) is 25.7 Å². The molecule has 4 rings (SSSR count). The van der Waals surface area contributed by atoms with Crippen molar-refractivity contribution < 1.29 is 14.3 Å². The molecular formula is C24H26Br2N2O3Si. The normalized spacial score (nSPS) is 11.4. The number of fused-ring (bicyclic) bond motifs is 2. The minimum absolute atomic E-state index is 0.496. The molecule has 1 N–H and O–H groups in total. The van der Waals surface area contributed by atoms with Gasteiger partial charge in [0.15, 0.2) is 12.6 Å². The molecular weight excluding hydrogens is 552 g/mol. The standard InChI is InChI=1S/C15H20BrNO2Si.C9H6BrNO/c1-20(2,3)7-6-19-11-17-9-12(10-18)14-8-13(16)4-5-15(14)17;10-7-1-2-9-8(3-7)6(5-12)4-11-9/h4-5,8-10H,6-7,11H2,1-3H3;1-5,11H. The lowest BCUT2D eigenvalue weighted by Crippen LogP contribution is -2.21. The van der Waals surface area contributed by atoms with E-state index in [2.05, 4.69) is 56.5 Å². The van der Waals surface area contributed by atoms with Crippen LogP contribution < -0.4 is 0 Å². The van der Waals surface area contributed by atoms with Crippen LogP contribution in [0.1, 0.15) is 20.7 Å². The zero-order valence-corrected chi connectivity index (χ0v) is 22.5. The van der Waals surface area contributed by atoms with Gasteiger partial charge in [-0.1, -0.05) is 51.5 Å². The minimum Gasteiger partial charge on any atom is -0.361 e. The van der Waals surface area contributed by atoms with E-state index < -0.39 is 8.07 Å². The molecule has 8 heteroatoms. The SMILES string of the molecule is C[Si](C)(C)CCOCn1cc(C=O)c2cc(Br)ccc21.O=Cc1c[nH]c2ccc(Br)cc12. The lowest BCUT2D eigenvalue weighted by atomic mass is 10.2. The summed E-state index contributed by atoms with van der Waals surface area (Å²) in [5.41, 5.74) is 3.42. The van der Waals surface area contributed by atoms with E-state index in [-0.39, 0.29) is 0 Å². The number of aromatic amines is 1. The van der Waals surface area contributed by atoms with Gasteiger partial charge < -0.3 is 14.3 Å². The molecule has 0 atom stereocenters. The number of rotatable bonds is 7. The van der Waals surface area contributed by atoms with Crippen molar-refractivity contribution in [2.24, 2.45) is 0 Å². The van der Waals surface area contributed by atoms with Gasteiger partial charge >= 0.3 is 0 Å². The van der Waals surface area contributed by atoms with E-state index in [1.807, 2.05) is 47.2 Å². The highest BCUT2D eigenvalue weighted by atomic mass is 79.9. The fourth-order valence-corrected chi connectivity index (χ4v) is 4.73. The fraction of sp³-hybridized carbons (Fsp3) is 0.250. The van der Waals surface area contributed by atoms with E-state index in [0.717, 1.165) is 56.0 Å². The average Bonchev–Trinajstić information content (AvgIpc) is 3.31. The Labute approximate surface area is 205 Å². The summed E-state index contributed by atoms with van der Waals surface area (Å²) in [4.78, 5) is 24.7. The van der Waals surface area contributed by atoms with E-state index in [1.54, 1.807) is 6.20 Å². The van der Waals surface area contributed by atoms with Crippen LogP contribution in [-0.2, 0) is 11.5 Å². The quantitative estimate of drug-likeness (QED) is 0.143. The van der Waals surface area contributed by atoms with Crippen molar-refractivity contribution in [3.63, 3.8) is 0 Å². The molecule has 0 aliphatic rings. The summed E-state index contributed by atoms with van der Waals surface area (Å²) in [6.07, 6.45) is 5.32. The highest BCUT2D eigenvalue weighted by Gasteiger charge is 2.13. The van der Waals surface area contributed by atoms with Gasteiger partial charge in [0.25, 0.3) is 0 Å². The fourth-order valence-electron chi connectivity index (χ4n) is 3.25. The maximum atomic E-state index is 11.1. The van der Waals surface area contributed by atoms with Gasteiger partial charge in [0.1, 0.15) is 6.73 Å². The Hall–Kier alpha value is -2.00. The van der Waals surface area contributed by atoms with Crippen LogP contribution in [0.3, 0.4) is 0 Å². The number of aromatic nitrogens is 2. The van der Waals surface area contributed by atoms with Crippen molar-refractivity contribution in [2.45, 2.75) is 32.4 Å². The lowest BCUT2D eigenvalue weighted by molar-refractivity contribution is 0.0901. The van der Waals surface area contributed by atoms with Crippen molar-refractivity contribution in [1.82, 2.24) is 9.55 Å². The second-order valence-electron chi connectivity index (χ2n) is 8.73. The van der Waals surface area contributed by atoms with Gasteiger partial charge in [0, 0.05) is 63.4 Å². The third-order valence-electron chi connectivity index (χ3n) is 5.03. The highest BCUT2D eigenvalue weighted by Crippen LogP contribution is 2.24. The zero-order valence-electron chi connectivity index (χ0n) is 18.3. The van der Waals surface area contributed by atoms with E-state index >= 15 is 0 Å². The number of ether oxygens (including phenoxy) is 1. The van der Waals surface area contributed by atoms with Crippen LogP contribution in [0.15, 0.2) is 57.7 Å². The molecule has 0 unspecified atom stereocenters. The van der Waals surface area contributed by atoms with Gasteiger partial charge in [-0.2, -0.15) is 0 Å². The number of benzene rings is 2. The summed E-state index contributed by atoms with van der Waals surface area (Å²) in [5.74, 6) is 0. The molecule has 4 aromatic rings. The average molecular weight is 578 g/mol. The molecule has 168 valence electrons. The number of carbonyl (C=O) groups is 2. The van der Waals surface area contributed by atoms with Gasteiger partial charge in [0.2, 0.25) is 0 Å². The first kappa shape index (κ1) is 24.6. The summed E-state index contributed by atoms with van der Waals surface area (Å²) in [6, 6.07) is 12.9. The summed E-state index contributed by atoms with van der Waals surface area (Å²) in [7, 11) is -1.05. The van der Waals surface area contributed by atoms with Crippen molar-refractivity contribution in [3.05, 3.63) is 68.9 Å². The van der Waals surface area contributed by atoms with Crippen LogP contribution >= 0.6 is 31.9 Å². The zero-order chi connectivity index (χ0) is 23.3. The summed E-state index contributed by atoms with van der Waals surface area (Å²) in [5, 5.41) is 1.92. The first-order valence-corrected chi connectivity index (χ1v) is 15.5. The summed E-state index contributed by atoms with van der Waals surface area (Å²) in [6.45, 7) is 8.29. The monoisotopic (exact) mass is 576 g/mol. The third-order valence-corrected chi connectivity index (χ3v) is 7.72.